The number of aryl methyl sites for hydroxylation is 1. The Morgan fingerprint density at radius 1 is 1.12 bits per heavy atom. The molecule has 2 heterocycles. The SMILES string of the molecule is Cn1c(Cl)nc2cc3cc(Cl)cnc3cc21. The van der Waals surface area contributed by atoms with Gasteiger partial charge >= 0.3 is 0 Å². The van der Waals surface area contributed by atoms with Crippen LogP contribution >= 0.6 is 23.2 Å². The highest BCUT2D eigenvalue weighted by molar-refractivity contribution is 6.31. The number of benzene rings is 1. The number of rotatable bonds is 0. The van der Waals surface area contributed by atoms with Crippen LogP contribution < -0.4 is 0 Å². The Hall–Kier alpha value is -1.32. The number of fused-ring (bicyclic) bond motifs is 2. The van der Waals surface area contributed by atoms with Gasteiger partial charge in [-0.15, -0.1) is 0 Å². The van der Waals surface area contributed by atoms with Crippen molar-refractivity contribution >= 4 is 45.1 Å². The number of nitrogens with zero attached hydrogens (tertiary/aromatic N) is 3. The highest BCUT2D eigenvalue weighted by Crippen LogP contribution is 2.25. The minimum absolute atomic E-state index is 0.469. The van der Waals surface area contributed by atoms with Crippen LogP contribution in [0.5, 0.6) is 0 Å². The number of hydrogen-bond donors (Lipinski definition) is 0. The van der Waals surface area contributed by atoms with Crippen molar-refractivity contribution < 1.29 is 0 Å². The molecule has 0 unspecified atom stereocenters. The summed E-state index contributed by atoms with van der Waals surface area (Å²) in [5.74, 6) is 0. The zero-order valence-electron chi connectivity index (χ0n) is 8.41. The minimum atomic E-state index is 0.469. The second-order valence-electron chi connectivity index (χ2n) is 3.63. The average Bonchev–Trinajstić information content (AvgIpc) is 2.52. The third-order valence-corrected chi connectivity index (χ3v) is 3.14. The Morgan fingerprint density at radius 3 is 2.75 bits per heavy atom. The summed E-state index contributed by atoms with van der Waals surface area (Å²) in [5.41, 5.74) is 2.70. The molecule has 0 aliphatic rings. The van der Waals surface area contributed by atoms with Gasteiger partial charge in [0.25, 0.3) is 0 Å². The molecule has 0 radical (unpaired) electrons. The Bertz CT molecular complexity index is 703. The minimum Gasteiger partial charge on any atom is -0.318 e. The summed E-state index contributed by atoms with van der Waals surface area (Å²) >= 11 is 11.9. The van der Waals surface area contributed by atoms with Gasteiger partial charge in [-0.2, -0.15) is 0 Å². The lowest BCUT2D eigenvalue weighted by Crippen LogP contribution is -1.87. The topological polar surface area (TPSA) is 30.7 Å². The molecule has 1 aromatic carbocycles. The van der Waals surface area contributed by atoms with Gasteiger partial charge in [-0.1, -0.05) is 11.6 Å². The summed E-state index contributed by atoms with van der Waals surface area (Å²) in [7, 11) is 1.87. The quantitative estimate of drug-likeness (QED) is 0.613. The van der Waals surface area contributed by atoms with E-state index in [-0.39, 0.29) is 0 Å². The number of hydrogen-bond acceptors (Lipinski definition) is 2. The highest BCUT2D eigenvalue weighted by Gasteiger charge is 2.07. The maximum atomic E-state index is 5.96. The molecule has 3 aromatic rings. The van der Waals surface area contributed by atoms with E-state index in [1.807, 2.05) is 29.8 Å². The molecule has 0 spiro atoms. The molecule has 80 valence electrons. The van der Waals surface area contributed by atoms with Crippen molar-refractivity contribution in [2.75, 3.05) is 0 Å². The third kappa shape index (κ3) is 1.36. The molecule has 0 fully saturated rings. The van der Waals surface area contributed by atoms with Crippen LogP contribution in [-0.2, 0) is 7.05 Å². The van der Waals surface area contributed by atoms with Gasteiger partial charge in [0.1, 0.15) is 0 Å². The zero-order chi connectivity index (χ0) is 11.3. The average molecular weight is 252 g/mol. The van der Waals surface area contributed by atoms with Crippen molar-refractivity contribution in [3.63, 3.8) is 0 Å². The number of imidazole rings is 1. The molecular formula is C11H7Cl2N3. The van der Waals surface area contributed by atoms with E-state index in [0.29, 0.717) is 10.3 Å². The van der Waals surface area contributed by atoms with Crippen LogP contribution in [0.4, 0.5) is 0 Å². The monoisotopic (exact) mass is 251 g/mol. The third-order valence-electron chi connectivity index (χ3n) is 2.60. The predicted octanol–water partition coefficient (Wildman–Crippen LogP) is 3.43. The molecule has 0 aliphatic carbocycles. The van der Waals surface area contributed by atoms with Gasteiger partial charge in [-0.05, 0) is 29.8 Å². The van der Waals surface area contributed by atoms with Crippen LogP contribution in [0.1, 0.15) is 0 Å². The van der Waals surface area contributed by atoms with Crippen molar-refractivity contribution in [3.8, 4) is 0 Å². The van der Waals surface area contributed by atoms with E-state index >= 15 is 0 Å². The summed E-state index contributed by atoms with van der Waals surface area (Å²) in [5, 5.41) is 2.06. The van der Waals surface area contributed by atoms with E-state index in [0.717, 1.165) is 21.9 Å². The first-order valence-corrected chi connectivity index (χ1v) is 5.48. The second kappa shape index (κ2) is 3.34. The smallest absolute Gasteiger partial charge is 0.203 e. The van der Waals surface area contributed by atoms with Crippen LogP contribution in [0.2, 0.25) is 10.3 Å². The van der Waals surface area contributed by atoms with Gasteiger partial charge in [0, 0.05) is 18.6 Å². The summed E-state index contributed by atoms with van der Waals surface area (Å²) in [4.78, 5) is 8.52. The van der Waals surface area contributed by atoms with Crippen molar-refractivity contribution in [2.45, 2.75) is 0 Å². The fraction of sp³-hybridized carbons (Fsp3) is 0.0909. The standard InChI is InChI=1S/C11H7Cl2N3/c1-16-10-4-8-6(2-7(12)5-14-8)3-9(10)15-11(16)13/h2-5H,1H3. The Balaban J connectivity index is 2.48. The van der Waals surface area contributed by atoms with Crippen LogP contribution in [0.25, 0.3) is 21.9 Å². The molecule has 0 saturated carbocycles. The van der Waals surface area contributed by atoms with Crippen LogP contribution in [0, 0.1) is 0 Å². The van der Waals surface area contributed by atoms with E-state index in [1.165, 1.54) is 0 Å². The molecule has 0 bridgehead atoms. The number of halogens is 2. The van der Waals surface area contributed by atoms with Crippen molar-refractivity contribution in [3.05, 3.63) is 34.7 Å². The van der Waals surface area contributed by atoms with Gasteiger partial charge in [0.05, 0.1) is 21.6 Å². The highest BCUT2D eigenvalue weighted by atomic mass is 35.5. The lowest BCUT2D eigenvalue weighted by Gasteiger charge is -1.99. The van der Waals surface area contributed by atoms with Crippen LogP contribution in [-0.4, -0.2) is 14.5 Å². The van der Waals surface area contributed by atoms with E-state index in [9.17, 15) is 0 Å². The maximum absolute atomic E-state index is 5.96. The van der Waals surface area contributed by atoms with Crippen molar-refractivity contribution in [2.24, 2.45) is 7.05 Å². The lowest BCUT2D eigenvalue weighted by molar-refractivity contribution is 0.949. The largest absolute Gasteiger partial charge is 0.318 e. The molecule has 16 heavy (non-hydrogen) atoms. The van der Waals surface area contributed by atoms with Crippen LogP contribution in [0.15, 0.2) is 24.4 Å². The summed E-state index contributed by atoms with van der Waals surface area (Å²) < 4.78 is 1.83. The molecule has 0 saturated heterocycles. The van der Waals surface area contributed by atoms with E-state index in [4.69, 9.17) is 23.2 Å². The molecule has 0 amide bonds. The first-order chi connectivity index (χ1) is 7.65. The van der Waals surface area contributed by atoms with E-state index in [2.05, 4.69) is 9.97 Å². The fourth-order valence-electron chi connectivity index (χ4n) is 1.76. The van der Waals surface area contributed by atoms with E-state index in [1.54, 1.807) is 6.20 Å². The predicted molar refractivity (Wildman–Crippen MR) is 66.0 cm³/mol. The first kappa shape index (κ1) is 9.87. The Kier molecular flexibility index (Phi) is 2.06. The number of aromatic nitrogens is 3. The molecule has 0 atom stereocenters. The van der Waals surface area contributed by atoms with Crippen LogP contribution in [0.3, 0.4) is 0 Å². The second-order valence-corrected chi connectivity index (χ2v) is 4.40. The van der Waals surface area contributed by atoms with Crippen molar-refractivity contribution in [1.29, 1.82) is 0 Å². The molecular weight excluding hydrogens is 245 g/mol. The molecule has 3 rings (SSSR count). The van der Waals surface area contributed by atoms with E-state index < -0.39 is 0 Å². The lowest BCUT2D eigenvalue weighted by atomic mass is 10.2. The van der Waals surface area contributed by atoms with Crippen molar-refractivity contribution in [1.82, 2.24) is 14.5 Å². The Labute approximate surface area is 102 Å². The first-order valence-electron chi connectivity index (χ1n) is 4.72. The van der Waals surface area contributed by atoms with Gasteiger partial charge in [0.15, 0.2) is 0 Å². The Morgan fingerprint density at radius 2 is 1.94 bits per heavy atom. The van der Waals surface area contributed by atoms with Gasteiger partial charge in [0.2, 0.25) is 5.28 Å². The van der Waals surface area contributed by atoms with Gasteiger partial charge in [-0.25, -0.2) is 4.98 Å². The molecule has 0 aliphatic heterocycles. The maximum Gasteiger partial charge on any atom is 0.203 e. The summed E-state index contributed by atoms with van der Waals surface area (Å²) in [6.45, 7) is 0. The van der Waals surface area contributed by atoms with Gasteiger partial charge in [-0.3, -0.25) is 4.98 Å². The molecule has 0 N–H and O–H groups in total. The fourth-order valence-corrected chi connectivity index (χ4v) is 2.11. The molecule has 2 aromatic heterocycles. The number of pyridine rings is 1. The summed E-state index contributed by atoms with van der Waals surface area (Å²) in [6.07, 6.45) is 1.63. The zero-order valence-corrected chi connectivity index (χ0v) is 9.92. The normalized spacial score (nSPS) is 11.4. The van der Waals surface area contributed by atoms with Gasteiger partial charge < -0.3 is 4.57 Å². The summed E-state index contributed by atoms with van der Waals surface area (Å²) in [6, 6.07) is 5.77. The molecule has 5 heteroatoms. The molecule has 3 nitrogen and oxygen atoms in total.